The lowest BCUT2D eigenvalue weighted by molar-refractivity contribution is -0.144. The molecule has 0 unspecified atom stereocenters. The number of methoxy groups -OCH3 is 1. The lowest BCUT2D eigenvalue weighted by atomic mass is 9.97. The van der Waals surface area contributed by atoms with Crippen molar-refractivity contribution in [1.82, 2.24) is 15.3 Å². The number of carbonyl (C=O) groups is 1. The Morgan fingerprint density at radius 3 is 2.52 bits per heavy atom. The highest BCUT2D eigenvalue weighted by Gasteiger charge is 2.34. The first-order valence-electron chi connectivity index (χ1n) is 10.3. The first-order chi connectivity index (χ1) is 15.7. The fourth-order valence-corrected chi connectivity index (χ4v) is 3.78. The molecule has 0 aliphatic heterocycles. The smallest absolute Gasteiger partial charge is 0.449 e. The number of nitrogens with one attached hydrogen (secondary N) is 2. The van der Waals surface area contributed by atoms with E-state index in [1.807, 2.05) is 55.5 Å². The molecule has 2 N–H and O–H groups in total. The Hall–Kier alpha value is -3.81. The van der Waals surface area contributed by atoms with Crippen molar-refractivity contribution in [2.75, 3.05) is 7.11 Å². The number of aryl methyl sites for hydroxylation is 1. The van der Waals surface area contributed by atoms with Crippen LogP contribution in [0, 0.1) is 6.92 Å². The number of rotatable bonds is 6. The summed E-state index contributed by atoms with van der Waals surface area (Å²) in [5.41, 5.74) is 3.64. The number of amides is 1. The molecule has 33 heavy (non-hydrogen) atoms. The van der Waals surface area contributed by atoms with E-state index in [4.69, 9.17) is 4.74 Å². The summed E-state index contributed by atoms with van der Waals surface area (Å²) in [6.45, 7) is 1.93. The fraction of sp³-hybridized carbons (Fsp3) is 0.200. The minimum absolute atomic E-state index is 0.0959. The molecule has 3 aromatic carbocycles. The van der Waals surface area contributed by atoms with Gasteiger partial charge in [0, 0.05) is 5.56 Å². The Kier molecular flexibility index (Phi) is 6.09. The molecule has 0 spiro atoms. The maximum absolute atomic E-state index is 13.1. The third-order valence-electron chi connectivity index (χ3n) is 5.33. The van der Waals surface area contributed by atoms with Gasteiger partial charge in [0.1, 0.15) is 5.75 Å². The number of hydrogen-bond donors (Lipinski definition) is 2. The number of hydrogen-bond acceptors (Lipinski definition) is 3. The second-order valence-corrected chi connectivity index (χ2v) is 7.76. The van der Waals surface area contributed by atoms with Gasteiger partial charge in [0.15, 0.2) is 0 Å². The molecule has 1 heterocycles. The molecule has 0 fully saturated rings. The van der Waals surface area contributed by atoms with Crippen molar-refractivity contribution in [3.63, 3.8) is 0 Å². The largest absolute Gasteiger partial charge is 0.496 e. The first kappa shape index (κ1) is 22.4. The van der Waals surface area contributed by atoms with Gasteiger partial charge in [0.2, 0.25) is 11.7 Å². The summed E-state index contributed by atoms with van der Waals surface area (Å²) < 4.78 is 44.5. The molecule has 4 rings (SSSR count). The molecule has 0 bridgehead atoms. The number of aromatic amines is 1. The monoisotopic (exact) mass is 453 g/mol. The van der Waals surface area contributed by atoms with Gasteiger partial charge >= 0.3 is 6.18 Å². The Bertz CT molecular complexity index is 1280. The van der Waals surface area contributed by atoms with Crippen molar-refractivity contribution in [1.29, 1.82) is 0 Å². The number of carbonyl (C=O) groups excluding carboxylic acids is 1. The molecule has 0 saturated heterocycles. The number of ether oxygens (including phenoxy) is 1. The van der Waals surface area contributed by atoms with Crippen LogP contribution < -0.4 is 10.1 Å². The van der Waals surface area contributed by atoms with Crippen molar-refractivity contribution in [3.8, 4) is 5.75 Å². The predicted octanol–water partition coefficient (Wildman–Crippen LogP) is 5.35. The van der Waals surface area contributed by atoms with E-state index >= 15 is 0 Å². The SMILES string of the molecule is COc1ccc(C)cc1CC(=O)N[C@H](c1ccccc1)c1ccc2nc(C(F)(F)F)[nH]c2c1. The molecule has 1 amide bonds. The lowest BCUT2D eigenvalue weighted by Crippen LogP contribution is -2.30. The average Bonchev–Trinajstić information content (AvgIpc) is 3.22. The summed E-state index contributed by atoms with van der Waals surface area (Å²) in [7, 11) is 1.55. The molecule has 0 radical (unpaired) electrons. The van der Waals surface area contributed by atoms with E-state index in [9.17, 15) is 18.0 Å². The van der Waals surface area contributed by atoms with Gasteiger partial charge in [-0.2, -0.15) is 13.2 Å². The minimum Gasteiger partial charge on any atom is -0.496 e. The Morgan fingerprint density at radius 1 is 1.06 bits per heavy atom. The van der Waals surface area contributed by atoms with Gasteiger partial charge in [0.05, 0.1) is 30.6 Å². The molecular formula is C25H22F3N3O2. The van der Waals surface area contributed by atoms with Crippen LogP contribution in [0.3, 0.4) is 0 Å². The third-order valence-corrected chi connectivity index (χ3v) is 5.33. The quantitative estimate of drug-likeness (QED) is 0.414. The minimum atomic E-state index is -4.57. The van der Waals surface area contributed by atoms with Crippen molar-refractivity contribution in [2.24, 2.45) is 0 Å². The third kappa shape index (κ3) is 5.00. The number of alkyl halides is 3. The van der Waals surface area contributed by atoms with Crippen molar-refractivity contribution in [3.05, 3.63) is 94.8 Å². The van der Waals surface area contributed by atoms with Crippen LogP contribution in [-0.4, -0.2) is 23.0 Å². The van der Waals surface area contributed by atoms with Gasteiger partial charge in [-0.05, 0) is 36.2 Å². The molecule has 4 aromatic rings. The highest BCUT2D eigenvalue weighted by atomic mass is 19.4. The van der Waals surface area contributed by atoms with Crippen LogP contribution in [0.15, 0.2) is 66.7 Å². The van der Waals surface area contributed by atoms with E-state index in [0.717, 1.165) is 16.7 Å². The van der Waals surface area contributed by atoms with Gasteiger partial charge in [-0.3, -0.25) is 4.79 Å². The van der Waals surface area contributed by atoms with E-state index in [1.165, 1.54) is 6.07 Å². The summed E-state index contributed by atoms with van der Waals surface area (Å²) in [6.07, 6.45) is -4.47. The van der Waals surface area contributed by atoms with Crippen LogP contribution in [0.5, 0.6) is 5.75 Å². The van der Waals surface area contributed by atoms with Crippen molar-refractivity contribution < 1.29 is 22.7 Å². The zero-order chi connectivity index (χ0) is 23.6. The highest BCUT2D eigenvalue weighted by molar-refractivity contribution is 5.81. The summed E-state index contributed by atoms with van der Waals surface area (Å²) in [6, 6.07) is 19.1. The maximum Gasteiger partial charge on any atom is 0.449 e. The lowest BCUT2D eigenvalue weighted by Gasteiger charge is -2.20. The highest BCUT2D eigenvalue weighted by Crippen LogP contribution is 2.31. The maximum atomic E-state index is 13.1. The van der Waals surface area contributed by atoms with E-state index in [0.29, 0.717) is 11.3 Å². The molecule has 0 aliphatic carbocycles. The molecule has 1 atom stereocenters. The molecule has 8 heteroatoms. The standard InChI is InChI=1S/C25H22F3N3O2/c1-15-8-11-21(33-2)18(12-15)14-22(32)31-23(16-6-4-3-5-7-16)17-9-10-19-20(13-17)30-24(29-19)25(26,27)28/h3-13,23H,14H2,1-2H3,(H,29,30)(H,31,32)/t23-/m1/s1. The van der Waals surface area contributed by atoms with Crippen LogP contribution >= 0.6 is 0 Å². The summed E-state index contributed by atoms with van der Waals surface area (Å²) in [4.78, 5) is 19.0. The van der Waals surface area contributed by atoms with Gasteiger partial charge < -0.3 is 15.0 Å². The predicted molar refractivity (Wildman–Crippen MR) is 119 cm³/mol. The zero-order valence-corrected chi connectivity index (χ0v) is 18.0. The van der Waals surface area contributed by atoms with Gasteiger partial charge in [0.25, 0.3) is 0 Å². The normalized spacial score (nSPS) is 12.5. The zero-order valence-electron chi connectivity index (χ0n) is 18.0. The molecule has 0 aliphatic rings. The van der Waals surface area contributed by atoms with Crippen molar-refractivity contribution >= 4 is 16.9 Å². The summed E-state index contributed by atoms with van der Waals surface area (Å²) in [5, 5.41) is 3.02. The topological polar surface area (TPSA) is 67.0 Å². The second-order valence-electron chi connectivity index (χ2n) is 7.76. The molecule has 0 saturated carbocycles. The Labute approximate surface area is 188 Å². The Balaban J connectivity index is 1.66. The fourth-order valence-electron chi connectivity index (χ4n) is 3.78. The van der Waals surface area contributed by atoms with Gasteiger partial charge in [-0.25, -0.2) is 4.98 Å². The number of H-pyrrole nitrogens is 1. The molecule has 1 aromatic heterocycles. The van der Waals surface area contributed by atoms with Crippen LogP contribution in [0.2, 0.25) is 0 Å². The van der Waals surface area contributed by atoms with Crippen LogP contribution in [0.25, 0.3) is 11.0 Å². The average molecular weight is 453 g/mol. The summed E-state index contributed by atoms with van der Waals surface area (Å²) in [5.74, 6) is -0.680. The van der Waals surface area contributed by atoms with Gasteiger partial charge in [-0.15, -0.1) is 0 Å². The number of halogens is 3. The van der Waals surface area contributed by atoms with E-state index in [1.54, 1.807) is 19.2 Å². The number of aromatic nitrogens is 2. The van der Waals surface area contributed by atoms with E-state index < -0.39 is 18.0 Å². The van der Waals surface area contributed by atoms with Gasteiger partial charge in [-0.1, -0.05) is 54.1 Å². The summed E-state index contributed by atoms with van der Waals surface area (Å²) >= 11 is 0. The second kappa shape index (κ2) is 8.97. The van der Waals surface area contributed by atoms with E-state index in [2.05, 4.69) is 15.3 Å². The van der Waals surface area contributed by atoms with Crippen LogP contribution in [-0.2, 0) is 17.4 Å². The molecular weight excluding hydrogens is 431 g/mol. The van der Waals surface area contributed by atoms with E-state index in [-0.39, 0.29) is 23.4 Å². The number of fused-ring (bicyclic) bond motifs is 1. The number of imidazole rings is 1. The number of benzene rings is 3. The molecule has 170 valence electrons. The van der Waals surface area contributed by atoms with Crippen molar-refractivity contribution in [2.45, 2.75) is 25.6 Å². The van der Waals surface area contributed by atoms with Crippen LogP contribution in [0.1, 0.15) is 34.1 Å². The Morgan fingerprint density at radius 2 is 1.82 bits per heavy atom. The first-order valence-corrected chi connectivity index (χ1v) is 10.3. The molecule has 5 nitrogen and oxygen atoms in total. The number of nitrogens with zero attached hydrogens (tertiary/aromatic N) is 1. The van der Waals surface area contributed by atoms with Crippen LogP contribution in [0.4, 0.5) is 13.2 Å².